The Morgan fingerprint density at radius 1 is 1.00 bits per heavy atom. The van der Waals surface area contributed by atoms with Gasteiger partial charge in [-0.25, -0.2) is 15.0 Å². The summed E-state index contributed by atoms with van der Waals surface area (Å²) in [5.74, 6) is 1.89. The lowest BCUT2D eigenvalue weighted by molar-refractivity contribution is 0.245. The van der Waals surface area contributed by atoms with Crippen LogP contribution in [0.25, 0.3) is 27.0 Å². The van der Waals surface area contributed by atoms with Gasteiger partial charge in [0, 0.05) is 49.9 Å². The van der Waals surface area contributed by atoms with Gasteiger partial charge in [-0.2, -0.15) is 0 Å². The molecule has 7 nitrogen and oxygen atoms in total. The standard InChI is InChI=1S/C27H28N6OS/c1-18-8-9-33-23(19(2)30-24(33)14-18)15-31-10-12-32(13-11-31)26-25-22(16-35-27(25)29-17-28-26)20-4-6-21(34-3)7-5-20/h4-9,14,16-17H,10-13,15H2,1-3H3. The van der Waals surface area contributed by atoms with Crippen molar-refractivity contribution >= 4 is 33.0 Å². The number of thiophene rings is 1. The Hall–Kier alpha value is -3.49. The van der Waals surface area contributed by atoms with Crippen LogP contribution < -0.4 is 9.64 Å². The SMILES string of the molecule is COc1ccc(-c2csc3ncnc(N4CCN(Cc5c(C)nc6cc(C)ccn56)CC4)c23)cc1. The highest BCUT2D eigenvalue weighted by Crippen LogP contribution is 2.38. The molecule has 1 aliphatic heterocycles. The monoisotopic (exact) mass is 484 g/mol. The van der Waals surface area contributed by atoms with Gasteiger partial charge in [0.1, 0.15) is 28.4 Å². The van der Waals surface area contributed by atoms with E-state index in [1.54, 1.807) is 24.8 Å². The molecule has 1 saturated heterocycles. The highest BCUT2D eigenvalue weighted by Gasteiger charge is 2.23. The Morgan fingerprint density at radius 3 is 2.57 bits per heavy atom. The first-order valence-corrected chi connectivity index (χ1v) is 12.8. The maximum atomic E-state index is 5.34. The van der Waals surface area contributed by atoms with Crippen LogP contribution in [0, 0.1) is 13.8 Å². The number of rotatable bonds is 5. The van der Waals surface area contributed by atoms with Crippen molar-refractivity contribution in [3.63, 3.8) is 0 Å². The van der Waals surface area contributed by atoms with Gasteiger partial charge in [0.15, 0.2) is 0 Å². The first-order chi connectivity index (χ1) is 17.1. The Kier molecular flexibility index (Phi) is 5.62. The number of pyridine rings is 1. The highest BCUT2D eigenvalue weighted by atomic mass is 32.1. The topological polar surface area (TPSA) is 58.8 Å². The molecule has 0 unspecified atom stereocenters. The minimum absolute atomic E-state index is 0.859. The molecule has 0 saturated carbocycles. The van der Waals surface area contributed by atoms with Crippen LogP contribution in [0.2, 0.25) is 0 Å². The second-order valence-electron chi connectivity index (χ2n) is 9.09. The average molecular weight is 485 g/mol. The second-order valence-corrected chi connectivity index (χ2v) is 9.95. The fourth-order valence-electron chi connectivity index (χ4n) is 4.92. The lowest BCUT2D eigenvalue weighted by Crippen LogP contribution is -2.46. The molecule has 0 atom stereocenters. The van der Waals surface area contributed by atoms with Gasteiger partial charge in [-0.15, -0.1) is 11.3 Å². The van der Waals surface area contributed by atoms with Crippen molar-refractivity contribution in [2.24, 2.45) is 0 Å². The van der Waals surface area contributed by atoms with Crippen LogP contribution in [0.15, 0.2) is 54.3 Å². The molecule has 1 aliphatic rings. The lowest BCUT2D eigenvalue weighted by Gasteiger charge is -2.35. The molecule has 4 aromatic heterocycles. The number of aryl methyl sites for hydroxylation is 2. The van der Waals surface area contributed by atoms with Crippen molar-refractivity contribution < 1.29 is 4.74 Å². The van der Waals surface area contributed by atoms with Gasteiger partial charge < -0.3 is 14.0 Å². The van der Waals surface area contributed by atoms with E-state index in [2.05, 4.69) is 68.9 Å². The fraction of sp³-hybridized carbons (Fsp3) is 0.296. The first kappa shape index (κ1) is 22.0. The van der Waals surface area contributed by atoms with Crippen molar-refractivity contribution in [2.45, 2.75) is 20.4 Å². The molecule has 0 aliphatic carbocycles. The summed E-state index contributed by atoms with van der Waals surface area (Å²) in [6.07, 6.45) is 3.84. The van der Waals surface area contributed by atoms with E-state index in [0.29, 0.717) is 0 Å². The zero-order valence-corrected chi connectivity index (χ0v) is 21.0. The van der Waals surface area contributed by atoms with Gasteiger partial charge in [-0.1, -0.05) is 12.1 Å². The third-order valence-electron chi connectivity index (χ3n) is 6.88. The average Bonchev–Trinajstić information content (AvgIpc) is 3.45. The van der Waals surface area contributed by atoms with Crippen molar-refractivity contribution in [3.05, 3.63) is 71.3 Å². The molecule has 0 spiro atoms. The number of fused-ring (bicyclic) bond motifs is 2. The predicted octanol–water partition coefficient (Wildman–Crippen LogP) is 4.95. The molecular formula is C27H28N6OS. The number of nitrogens with zero attached hydrogens (tertiary/aromatic N) is 6. The zero-order valence-electron chi connectivity index (χ0n) is 20.2. The van der Waals surface area contributed by atoms with Crippen LogP contribution in [0.4, 0.5) is 5.82 Å². The molecule has 35 heavy (non-hydrogen) atoms. The van der Waals surface area contributed by atoms with Gasteiger partial charge in [-0.05, 0) is 49.2 Å². The van der Waals surface area contributed by atoms with E-state index < -0.39 is 0 Å². The van der Waals surface area contributed by atoms with Gasteiger partial charge in [-0.3, -0.25) is 4.90 Å². The number of benzene rings is 1. The highest BCUT2D eigenvalue weighted by molar-refractivity contribution is 7.17. The fourth-order valence-corrected chi connectivity index (χ4v) is 5.83. The quantitative estimate of drug-likeness (QED) is 0.352. The number of piperazine rings is 1. The van der Waals surface area contributed by atoms with E-state index in [9.17, 15) is 0 Å². The van der Waals surface area contributed by atoms with Crippen LogP contribution in [0.1, 0.15) is 17.0 Å². The van der Waals surface area contributed by atoms with E-state index in [-0.39, 0.29) is 0 Å². The smallest absolute Gasteiger partial charge is 0.141 e. The molecule has 1 fully saturated rings. The number of imidazole rings is 1. The van der Waals surface area contributed by atoms with Crippen molar-refractivity contribution in [2.75, 3.05) is 38.2 Å². The second kappa shape index (κ2) is 8.94. The van der Waals surface area contributed by atoms with E-state index >= 15 is 0 Å². The number of anilines is 1. The summed E-state index contributed by atoms with van der Waals surface area (Å²) in [6.45, 7) is 8.94. The Labute approximate surface area is 208 Å². The molecular weight excluding hydrogens is 456 g/mol. The summed E-state index contributed by atoms with van der Waals surface area (Å²) in [5, 5.41) is 3.33. The molecule has 8 heteroatoms. The van der Waals surface area contributed by atoms with Crippen molar-refractivity contribution in [1.29, 1.82) is 0 Å². The molecule has 0 bridgehead atoms. The summed E-state index contributed by atoms with van der Waals surface area (Å²) < 4.78 is 7.57. The summed E-state index contributed by atoms with van der Waals surface area (Å²) in [7, 11) is 1.69. The van der Waals surface area contributed by atoms with E-state index in [1.165, 1.54) is 16.8 Å². The molecule has 178 valence electrons. The molecule has 5 aromatic rings. The molecule has 5 heterocycles. The van der Waals surface area contributed by atoms with Gasteiger partial charge in [0.05, 0.1) is 23.9 Å². The predicted molar refractivity (Wildman–Crippen MR) is 142 cm³/mol. The summed E-state index contributed by atoms with van der Waals surface area (Å²) in [5.41, 5.74) is 6.99. The summed E-state index contributed by atoms with van der Waals surface area (Å²) in [4.78, 5) is 20.0. The lowest BCUT2D eigenvalue weighted by atomic mass is 10.1. The van der Waals surface area contributed by atoms with Gasteiger partial charge in [0.2, 0.25) is 0 Å². The van der Waals surface area contributed by atoms with E-state index in [4.69, 9.17) is 14.7 Å². The minimum atomic E-state index is 0.859. The van der Waals surface area contributed by atoms with Crippen LogP contribution in [-0.4, -0.2) is 57.5 Å². The zero-order chi connectivity index (χ0) is 23.9. The number of ether oxygens (including phenoxy) is 1. The Bertz CT molecular complexity index is 1500. The Balaban J connectivity index is 1.23. The number of hydrogen-bond donors (Lipinski definition) is 0. The minimum Gasteiger partial charge on any atom is -0.497 e. The maximum absolute atomic E-state index is 5.34. The summed E-state index contributed by atoms with van der Waals surface area (Å²) >= 11 is 1.67. The number of aromatic nitrogens is 4. The van der Waals surface area contributed by atoms with Crippen molar-refractivity contribution in [1.82, 2.24) is 24.3 Å². The first-order valence-electron chi connectivity index (χ1n) is 11.9. The molecule has 0 radical (unpaired) electrons. The molecule has 1 aromatic carbocycles. The third kappa shape index (κ3) is 4.02. The summed E-state index contributed by atoms with van der Waals surface area (Å²) in [6, 6.07) is 12.5. The largest absolute Gasteiger partial charge is 0.497 e. The van der Waals surface area contributed by atoms with E-state index in [0.717, 1.165) is 71.4 Å². The molecule has 0 amide bonds. The van der Waals surface area contributed by atoms with E-state index in [1.807, 2.05) is 12.1 Å². The van der Waals surface area contributed by atoms with Crippen LogP contribution in [-0.2, 0) is 6.54 Å². The van der Waals surface area contributed by atoms with Crippen LogP contribution >= 0.6 is 11.3 Å². The normalized spacial score (nSPS) is 14.8. The Morgan fingerprint density at radius 2 is 1.80 bits per heavy atom. The third-order valence-corrected chi connectivity index (χ3v) is 7.76. The van der Waals surface area contributed by atoms with Crippen molar-refractivity contribution in [3.8, 4) is 16.9 Å². The van der Waals surface area contributed by atoms with Crippen LogP contribution in [0.5, 0.6) is 5.75 Å². The van der Waals surface area contributed by atoms with Crippen LogP contribution in [0.3, 0.4) is 0 Å². The van der Waals surface area contributed by atoms with Gasteiger partial charge >= 0.3 is 0 Å². The molecule has 6 rings (SSSR count). The number of methoxy groups -OCH3 is 1. The van der Waals surface area contributed by atoms with Gasteiger partial charge in [0.25, 0.3) is 0 Å². The maximum Gasteiger partial charge on any atom is 0.141 e. The number of hydrogen-bond acceptors (Lipinski definition) is 7. The molecule has 0 N–H and O–H groups in total.